The van der Waals surface area contributed by atoms with Crippen LogP contribution in [-0.2, 0) is 6.54 Å². The van der Waals surface area contributed by atoms with E-state index in [2.05, 4.69) is 14.7 Å². The normalized spacial score (nSPS) is 10.3. The molecule has 0 spiro atoms. The van der Waals surface area contributed by atoms with E-state index in [9.17, 15) is 0 Å². The fourth-order valence-electron chi connectivity index (χ4n) is 1.28. The largest absolute Gasteiger partial charge is 0.382 e. The lowest BCUT2D eigenvalue weighted by atomic mass is 10.3. The lowest BCUT2D eigenvalue weighted by molar-refractivity contribution is 1.05. The summed E-state index contributed by atoms with van der Waals surface area (Å²) in [6, 6.07) is 5.86. The number of rotatable bonds is 4. The monoisotopic (exact) mass is 252 g/mol. The van der Waals surface area contributed by atoms with Gasteiger partial charge in [-0.2, -0.15) is 4.37 Å². The summed E-state index contributed by atoms with van der Waals surface area (Å²) in [6.45, 7) is 0.691. The molecule has 2 heterocycles. The molecule has 2 aromatic heterocycles. The van der Waals surface area contributed by atoms with Crippen molar-refractivity contribution in [1.29, 1.82) is 0 Å². The number of anilines is 2. The SMILES string of the molecule is CSc1c(N)nsc1NCc1ccccn1. The van der Waals surface area contributed by atoms with Gasteiger partial charge in [-0.05, 0) is 29.9 Å². The predicted octanol–water partition coefficient (Wildman–Crippen LogP) is 2.45. The van der Waals surface area contributed by atoms with Gasteiger partial charge in [-0.3, -0.25) is 4.98 Å². The summed E-state index contributed by atoms with van der Waals surface area (Å²) in [7, 11) is 0. The number of nitrogens with zero attached hydrogens (tertiary/aromatic N) is 2. The van der Waals surface area contributed by atoms with Crippen molar-refractivity contribution in [3.8, 4) is 0 Å². The molecule has 0 radical (unpaired) electrons. The van der Waals surface area contributed by atoms with Crippen molar-refractivity contribution >= 4 is 34.1 Å². The van der Waals surface area contributed by atoms with E-state index in [4.69, 9.17) is 5.73 Å². The molecule has 0 amide bonds. The number of nitrogens with two attached hydrogens (primary N) is 1. The molecular formula is C10H12N4S2. The van der Waals surface area contributed by atoms with Crippen LogP contribution < -0.4 is 11.1 Å². The average Bonchev–Trinajstić information content (AvgIpc) is 2.68. The van der Waals surface area contributed by atoms with Gasteiger partial charge in [-0.1, -0.05) is 6.07 Å². The van der Waals surface area contributed by atoms with E-state index in [1.54, 1.807) is 18.0 Å². The molecule has 0 aliphatic carbocycles. The van der Waals surface area contributed by atoms with E-state index in [1.807, 2.05) is 24.5 Å². The molecule has 4 nitrogen and oxygen atoms in total. The van der Waals surface area contributed by atoms with Crippen molar-refractivity contribution in [1.82, 2.24) is 9.36 Å². The number of nitrogens with one attached hydrogen (secondary N) is 1. The van der Waals surface area contributed by atoms with Crippen LogP contribution in [0.5, 0.6) is 0 Å². The first-order chi connectivity index (χ1) is 7.81. The number of hydrogen-bond donors (Lipinski definition) is 2. The second-order valence-electron chi connectivity index (χ2n) is 3.10. The molecule has 3 N–H and O–H groups in total. The minimum atomic E-state index is 0.598. The van der Waals surface area contributed by atoms with E-state index in [0.29, 0.717) is 12.4 Å². The molecule has 84 valence electrons. The molecule has 2 aromatic rings. The summed E-state index contributed by atoms with van der Waals surface area (Å²) >= 11 is 2.99. The van der Waals surface area contributed by atoms with Gasteiger partial charge in [0.15, 0.2) is 5.82 Å². The Labute approximate surface area is 102 Å². The highest BCUT2D eigenvalue weighted by molar-refractivity contribution is 7.99. The van der Waals surface area contributed by atoms with Gasteiger partial charge in [-0.25, -0.2) is 0 Å². The average molecular weight is 252 g/mol. The van der Waals surface area contributed by atoms with E-state index in [0.717, 1.165) is 15.6 Å². The number of thioether (sulfide) groups is 1. The lowest BCUT2D eigenvalue weighted by Crippen LogP contribution is -2.00. The molecule has 0 aliphatic rings. The van der Waals surface area contributed by atoms with E-state index in [1.165, 1.54) is 11.5 Å². The van der Waals surface area contributed by atoms with Gasteiger partial charge in [0.2, 0.25) is 0 Å². The molecule has 6 heteroatoms. The van der Waals surface area contributed by atoms with Crippen LogP contribution in [-0.4, -0.2) is 15.6 Å². The molecular weight excluding hydrogens is 240 g/mol. The van der Waals surface area contributed by atoms with Gasteiger partial charge in [0.1, 0.15) is 5.00 Å². The Kier molecular flexibility index (Phi) is 3.63. The molecule has 0 unspecified atom stereocenters. The maximum atomic E-state index is 5.74. The second kappa shape index (κ2) is 5.18. The van der Waals surface area contributed by atoms with Crippen LogP contribution >= 0.6 is 23.3 Å². The number of hydrogen-bond acceptors (Lipinski definition) is 6. The van der Waals surface area contributed by atoms with E-state index in [-0.39, 0.29) is 0 Å². The molecule has 0 aromatic carbocycles. The van der Waals surface area contributed by atoms with Crippen molar-refractivity contribution in [2.75, 3.05) is 17.3 Å². The Morgan fingerprint density at radius 1 is 1.50 bits per heavy atom. The minimum Gasteiger partial charge on any atom is -0.382 e. The van der Waals surface area contributed by atoms with Crippen LogP contribution in [0, 0.1) is 0 Å². The van der Waals surface area contributed by atoms with Crippen LogP contribution in [0.1, 0.15) is 5.69 Å². The quantitative estimate of drug-likeness (QED) is 0.818. The van der Waals surface area contributed by atoms with Crippen LogP contribution in [0.3, 0.4) is 0 Å². The summed E-state index contributed by atoms with van der Waals surface area (Å²) in [4.78, 5) is 5.25. The van der Waals surface area contributed by atoms with Crippen molar-refractivity contribution in [3.63, 3.8) is 0 Å². The van der Waals surface area contributed by atoms with Crippen molar-refractivity contribution in [2.45, 2.75) is 11.4 Å². The first kappa shape index (κ1) is 11.2. The van der Waals surface area contributed by atoms with Crippen molar-refractivity contribution in [3.05, 3.63) is 30.1 Å². The van der Waals surface area contributed by atoms with Crippen LogP contribution in [0.4, 0.5) is 10.8 Å². The van der Waals surface area contributed by atoms with Crippen molar-refractivity contribution < 1.29 is 0 Å². The molecule has 0 saturated carbocycles. The number of aromatic nitrogens is 2. The summed E-state index contributed by atoms with van der Waals surface area (Å²) in [5.41, 5.74) is 6.75. The van der Waals surface area contributed by atoms with Gasteiger partial charge in [-0.15, -0.1) is 11.8 Å². The molecule has 16 heavy (non-hydrogen) atoms. The molecule has 0 aliphatic heterocycles. The fraction of sp³-hybridized carbons (Fsp3) is 0.200. The Bertz CT molecular complexity index is 455. The highest BCUT2D eigenvalue weighted by Crippen LogP contribution is 2.34. The Hall–Kier alpha value is -1.27. The van der Waals surface area contributed by atoms with E-state index >= 15 is 0 Å². The van der Waals surface area contributed by atoms with Gasteiger partial charge in [0.05, 0.1) is 17.1 Å². The molecule has 0 atom stereocenters. The summed E-state index contributed by atoms with van der Waals surface area (Å²) in [6.07, 6.45) is 3.78. The maximum Gasteiger partial charge on any atom is 0.153 e. The molecule has 0 bridgehead atoms. The smallest absolute Gasteiger partial charge is 0.153 e. The van der Waals surface area contributed by atoms with Gasteiger partial charge in [0, 0.05) is 6.20 Å². The number of nitrogen functional groups attached to an aromatic ring is 1. The highest BCUT2D eigenvalue weighted by atomic mass is 32.2. The van der Waals surface area contributed by atoms with Gasteiger partial charge < -0.3 is 11.1 Å². The zero-order valence-electron chi connectivity index (χ0n) is 8.80. The summed E-state index contributed by atoms with van der Waals surface area (Å²) < 4.78 is 4.12. The third-order valence-corrected chi connectivity index (χ3v) is 3.80. The predicted molar refractivity (Wildman–Crippen MR) is 69.9 cm³/mol. The molecule has 0 fully saturated rings. The standard InChI is InChI=1S/C10H12N4S2/c1-15-8-9(11)14-16-10(8)13-6-7-4-2-3-5-12-7/h2-5,13H,6H2,1H3,(H2,11,14). The second-order valence-corrected chi connectivity index (χ2v) is 4.69. The van der Waals surface area contributed by atoms with E-state index < -0.39 is 0 Å². The van der Waals surface area contributed by atoms with Gasteiger partial charge >= 0.3 is 0 Å². The summed E-state index contributed by atoms with van der Waals surface area (Å²) in [5, 5.41) is 4.30. The summed E-state index contributed by atoms with van der Waals surface area (Å²) in [5.74, 6) is 0.598. The van der Waals surface area contributed by atoms with Crippen LogP contribution in [0.25, 0.3) is 0 Å². The Morgan fingerprint density at radius 3 is 3.06 bits per heavy atom. The van der Waals surface area contributed by atoms with Crippen LogP contribution in [0.15, 0.2) is 29.3 Å². The zero-order chi connectivity index (χ0) is 11.4. The minimum absolute atomic E-state index is 0.598. The Morgan fingerprint density at radius 2 is 2.38 bits per heavy atom. The lowest BCUT2D eigenvalue weighted by Gasteiger charge is -2.04. The van der Waals surface area contributed by atoms with Crippen LogP contribution in [0.2, 0.25) is 0 Å². The third kappa shape index (κ3) is 2.45. The molecule has 0 saturated heterocycles. The maximum absolute atomic E-state index is 5.74. The third-order valence-electron chi connectivity index (χ3n) is 2.03. The highest BCUT2D eigenvalue weighted by Gasteiger charge is 2.09. The zero-order valence-corrected chi connectivity index (χ0v) is 10.4. The molecule has 2 rings (SSSR count). The van der Waals surface area contributed by atoms with Crippen molar-refractivity contribution in [2.24, 2.45) is 0 Å². The fourth-order valence-corrected chi connectivity index (χ4v) is 2.81. The van der Waals surface area contributed by atoms with Gasteiger partial charge in [0.25, 0.3) is 0 Å². The Balaban J connectivity index is 2.05. The first-order valence-electron chi connectivity index (χ1n) is 4.74. The number of pyridine rings is 1. The first-order valence-corrected chi connectivity index (χ1v) is 6.74. The topological polar surface area (TPSA) is 63.8 Å².